The van der Waals surface area contributed by atoms with E-state index in [1.165, 1.54) is 0 Å². The lowest BCUT2D eigenvalue weighted by Crippen LogP contribution is -2.29. The maximum Gasteiger partial charge on any atom is 0.110 e. The molecule has 0 aliphatic heterocycles. The first kappa shape index (κ1) is 14.0. The Balaban J connectivity index is 2.54. The highest BCUT2D eigenvalue weighted by Gasteiger charge is 2.36. The van der Waals surface area contributed by atoms with Gasteiger partial charge in [0, 0.05) is 11.4 Å². The number of nitrogens with two attached hydrogens (primary N) is 2. The SMILES string of the molecule is CC(Cl)C(Cl)(c1ccc(N)cc1)c1ccc(N)cc1. The molecule has 0 saturated heterocycles. The minimum atomic E-state index is -0.803. The molecule has 2 aromatic rings. The lowest BCUT2D eigenvalue weighted by Gasteiger charge is -2.31. The van der Waals surface area contributed by atoms with Crippen LogP contribution in [0.3, 0.4) is 0 Å². The van der Waals surface area contributed by atoms with Gasteiger partial charge in [0.25, 0.3) is 0 Å². The molecule has 19 heavy (non-hydrogen) atoms. The number of anilines is 2. The van der Waals surface area contributed by atoms with Crippen molar-refractivity contribution in [1.29, 1.82) is 0 Å². The summed E-state index contributed by atoms with van der Waals surface area (Å²) in [7, 11) is 0. The Kier molecular flexibility index (Phi) is 3.93. The molecule has 2 nitrogen and oxygen atoms in total. The first-order valence-corrected chi connectivity index (χ1v) is 6.81. The monoisotopic (exact) mass is 294 g/mol. The minimum Gasteiger partial charge on any atom is -0.399 e. The lowest BCUT2D eigenvalue weighted by molar-refractivity contribution is 0.705. The van der Waals surface area contributed by atoms with Crippen molar-refractivity contribution in [3.8, 4) is 0 Å². The van der Waals surface area contributed by atoms with E-state index in [0.29, 0.717) is 11.4 Å². The highest BCUT2D eigenvalue weighted by Crippen LogP contribution is 2.42. The quantitative estimate of drug-likeness (QED) is 0.665. The van der Waals surface area contributed by atoms with Crippen molar-refractivity contribution in [2.45, 2.75) is 17.2 Å². The van der Waals surface area contributed by atoms with Crippen molar-refractivity contribution in [2.75, 3.05) is 11.5 Å². The predicted molar refractivity (Wildman–Crippen MR) is 83.7 cm³/mol. The van der Waals surface area contributed by atoms with Crippen LogP contribution in [0.15, 0.2) is 48.5 Å². The number of halogens is 2. The zero-order valence-electron chi connectivity index (χ0n) is 10.6. The molecule has 2 aromatic carbocycles. The molecule has 0 amide bonds. The molecular formula is C15H16Cl2N2. The fraction of sp³-hybridized carbons (Fsp3) is 0.200. The van der Waals surface area contributed by atoms with E-state index in [-0.39, 0.29) is 5.38 Å². The third kappa shape index (κ3) is 2.65. The number of hydrogen-bond acceptors (Lipinski definition) is 2. The van der Waals surface area contributed by atoms with E-state index < -0.39 is 4.87 Å². The largest absolute Gasteiger partial charge is 0.399 e. The maximum atomic E-state index is 6.82. The Bertz CT molecular complexity index is 502. The summed E-state index contributed by atoms with van der Waals surface area (Å²) in [5.74, 6) is 0. The van der Waals surface area contributed by atoms with Gasteiger partial charge in [-0.1, -0.05) is 24.3 Å². The molecule has 0 aromatic heterocycles. The second-order valence-electron chi connectivity index (χ2n) is 4.57. The number of nitrogen functional groups attached to an aromatic ring is 2. The topological polar surface area (TPSA) is 52.0 Å². The highest BCUT2D eigenvalue weighted by molar-refractivity contribution is 6.33. The van der Waals surface area contributed by atoms with Crippen molar-refractivity contribution in [1.82, 2.24) is 0 Å². The van der Waals surface area contributed by atoms with Gasteiger partial charge in [-0.2, -0.15) is 0 Å². The molecule has 0 aliphatic rings. The van der Waals surface area contributed by atoms with Gasteiger partial charge in [-0.15, -0.1) is 23.2 Å². The molecule has 0 aliphatic carbocycles. The summed E-state index contributed by atoms with van der Waals surface area (Å²) < 4.78 is 0. The summed E-state index contributed by atoms with van der Waals surface area (Å²) in [6.07, 6.45) is 0. The third-order valence-electron chi connectivity index (χ3n) is 3.21. The summed E-state index contributed by atoms with van der Waals surface area (Å²) >= 11 is 13.2. The number of rotatable bonds is 3. The van der Waals surface area contributed by atoms with Crippen LogP contribution >= 0.6 is 23.2 Å². The highest BCUT2D eigenvalue weighted by atomic mass is 35.5. The predicted octanol–water partition coefficient (Wildman–Crippen LogP) is 3.96. The van der Waals surface area contributed by atoms with Crippen molar-refractivity contribution in [3.05, 3.63) is 59.7 Å². The number of benzene rings is 2. The van der Waals surface area contributed by atoms with Gasteiger partial charge in [0.05, 0.1) is 5.38 Å². The van der Waals surface area contributed by atoms with Gasteiger partial charge in [-0.05, 0) is 42.3 Å². The van der Waals surface area contributed by atoms with E-state index in [9.17, 15) is 0 Å². The zero-order valence-corrected chi connectivity index (χ0v) is 12.1. The molecule has 0 radical (unpaired) electrons. The Morgan fingerprint density at radius 3 is 1.42 bits per heavy atom. The summed E-state index contributed by atoms with van der Waals surface area (Å²) in [5.41, 5.74) is 14.6. The summed E-state index contributed by atoms with van der Waals surface area (Å²) in [4.78, 5) is -0.803. The normalized spacial score (nSPS) is 13.2. The standard InChI is InChI=1S/C15H16Cl2N2/c1-10(16)15(17,11-2-6-13(18)7-3-11)12-4-8-14(19)9-5-12/h2-10H,18-19H2,1H3. The van der Waals surface area contributed by atoms with E-state index in [2.05, 4.69) is 0 Å². The second kappa shape index (κ2) is 5.32. The maximum absolute atomic E-state index is 6.82. The second-order valence-corrected chi connectivity index (χ2v) is 5.82. The molecule has 0 heterocycles. The molecule has 0 bridgehead atoms. The first-order valence-electron chi connectivity index (χ1n) is 5.99. The Labute approximate surface area is 123 Å². The van der Waals surface area contributed by atoms with Crippen LogP contribution in [0.1, 0.15) is 18.1 Å². The van der Waals surface area contributed by atoms with Crippen LogP contribution in [0.2, 0.25) is 0 Å². The molecule has 100 valence electrons. The van der Waals surface area contributed by atoms with Crippen molar-refractivity contribution in [2.24, 2.45) is 0 Å². The van der Waals surface area contributed by atoms with Gasteiger partial charge in [0.2, 0.25) is 0 Å². The van der Waals surface area contributed by atoms with Gasteiger partial charge >= 0.3 is 0 Å². The number of hydrogen-bond donors (Lipinski definition) is 2. The molecule has 0 fully saturated rings. The summed E-state index contributed by atoms with van der Waals surface area (Å²) in [5, 5.41) is -0.290. The summed E-state index contributed by atoms with van der Waals surface area (Å²) in [6.45, 7) is 1.88. The molecule has 0 spiro atoms. The van der Waals surface area contributed by atoms with Crippen LogP contribution in [0.5, 0.6) is 0 Å². The van der Waals surface area contributed by atoms with Crippen LogP contribution < -0.4 is 11.5 Å². The van der Waals surface area contributed by atoms with Gasteiger partial charge < -0.3 is 11.5 Å². The molecule has 1 unspecified atom stereocenters. The number of alkyl halides is 2. The average molecular weight is 295 g/mol. The smallest absolute Gasteiger partial charge is 0.110 e. The summed E-state index contributed by atoms with van der Waals surface area (Å²) in [6, 6.07) is 14.9. The van der Waals surface area contributed by atoms with Crippen LogP contribution in [-0.2, 0) is 4.87 Å². The van der Waals surface area contributed by atoms with Gasteiger partial charge in [0.15, 0.2) is 0 Å². The van der Waals surface area contributed by atoms with Crippen LogP contribution in [0.25, 0.3) is 0 Å². The van der Waals surface area contributed by atoms with E-state index in [4.69, 9.17) is 34.7 Å². The van der Waals surface area contributed by atoms with Crippen LogP contribution in [0.4, 0.5) is 11.4 Å². The first-order chi connectivity index (χ1) is 8.94. The van der Waals surface area contributed by atoms with Crippen LogP contribution in [0, 0.1) is 0 Å². The molecule has 0 saturated carbocycles. The molecule has 1 atom stereocenters. The molecule has 2 rings (SSSR count). The van der Waals surface area contributed by atoms with Crippen molar-refractivity contribution < 1.29 is 0 Å². The fourth-order valence-corrected chi connectivity index (χ4v) is 2.58. The minimum absolute atomic E-state index is 0.290. The fourth-order valence-electron chi connectivity index (χ4n) is 2.08. The van der Waals surface area contributed by atoms with E-state index >= 15 is 0 Å². The van der Waals surface area contributed by atoms with Crippen molar-refractivity contribution >= 4 is 34.6 Å². The zero-order chi connectivity index (χ0) is 14.0. The third-order valence-corrected chi connectivity index (χ3v) is 4.41. The van der Waals surface area contributed by atoms with E-state index in [0.717, 1.165) is 11.1 Å². The Morgan fingerprint density at radius 1 is 0.842 bits per heavy atom. The van der Waals surface area contributed by atoms with Crippen LogP contribution in [-0.4, -0.2) is 5.38 Å². The molecule has 4 N–H and O–H groups in total. The van der Waals surface area contributed by atoms with Gasteiger partial charge in [0.1, 0.15) is 4.87 Å². The van der Waals surface area contributed by atoms with E-state index in [1.807, 2.05) is 55.5 Å². The van der Waals surface area contributed by atoms with Crippen molar-refractivity contribution in [3.63, 3.8) is 0 Å². The lowest BCUT2D eigenvalue weighted by atomic mass is 9.87. The average Bonchev–Trinajstić information content (AvgIpc) is 2.39. The Hall–Kier alpha value is -1.38. The molecular weight excluding hydrogens is 279 g/mol. The van der Waals surface area contributed by atoms with Gasteiger partial charge in [-0.3, -0.25) is 0 Å². The Morgan fingerprint density at radius 2 is 1.16 bits per heavy atom. The van der Waals surface area contributed by atoms with E-state index in [1.54, 1.807) is 0 Å². The molecule has 4 heteroatoms. The van der Waals surface area contributed by atoms with Gasteiger partial charge in [-0.25, -0.2) is 0 Å².